The fourth-order valence-corrected chi connectivity index (χ4v) is 3.39. The minimum absolute atomic E-state index is 0.0755. The minimum Gasteiger partial charge on any atom is -0.369 e. The van der Waals surface area contributed by atoms with E-state index in [9.17, 15) is 4.79 Å². The molecule has 2 aromatic rings. The Morgan fingerprint density at radius 1 is 1.08 bits per heavy atom. The van der Waals surface area contributed by atoms with Crippen LogP contribution in [0.4, 0.5) is 11.4 Å². The maximum Gasteiger partial charge on any atom is 0.238 e. The van der Waals surface area contributed by atoms with E-state index in [0.717, 1.165) is 26.2 Å². The molecule has 0 atom stereocenters. The predicted molar refractivity (Wildman–Crippen MR) is 105 cm³/mol. The topological polar surface area (TPSA) is 35.6 Å². The largest absolute Gasteiger partial charge is 0.369 e. The molecule has 0 unspecified atom stereocenters. The first-order valence-corrected chi connectivity index (χ1v) is 9.06. The van der Waals surface area contributed by atoms with Crippen LogP contribution >= 0.6 is 23.2 Å². The predicted octanol–water partition coefficient (Wildman–Crippen LogP) is 4.06. The van der Waals surface area contributed by atoms with Gasteiger partial charge in [-0.25, -0.2) is 0 Å². The second-order valence-electron chi connectivity index (χ2n) is 6.22. The van der Waals surface area contributed by atoms with Crippen LogP contribution in [0.5, 0.6) is 0 Å². The number of hydrogen-bond acceptors (Lipinski definition) is 3. The van der Waals surface area contributed by atoms with Gasteiger partial charge in [-0.05, 0) is 36.8 Å². The molecule has 1 fully saturated rings. The molecule has 1 N–H and O–H groups in total. The van der Waals surface area contributed by atoms with Gasteiger partial charge in [0.2, 0.25) is 5.91 Å². The molecule has 6 heteroatoms. The lowest BCUT2D eigenvalue weighted by molar-refractivity contribution is -0.117. The molecule has 0 saturated carbocycles. The minimum atomic E-state index is -0.0755. The van der Waals surface area contributed by atoms with Gasteiger partial charge < -0.3 is 10.2 Å². The van der Waals surface area contributed by atoms with Gasteiger partial charge in [0.1, 0.15) is 0 Å². The van der Waals surface area contributed by atoms with Crippen LogP contribution < -0.4 is 10.2 Å². The highest BCUT2D eigenvalue weighted by Crippen LogP contribution is 2.25. The van der Waals surface area contributed by atoms with Crippen molar-refractivity contribution in [1.82, 2.24) is 4.90 Å². The summed E-state index contributed by atoms with van der Waals surface area (Å²) >= 11 is 12.0. The summed E-state index contributed by atoms with van der Waals surface area (Å²) in [4.78, 5) is 16.8. The summed E-state index contributed by atoms with van der Waals surface area (Å²) in [6.45, 7) is 6.01. The number of hydrogen-bond donors (Lipinski definition) is 1. The first kappa shape index (κ1) is 18.1. The molecular formula is C19H21Cl2N3O. The maximum absolute atomic E-state index is 12.3. The van der Waals surface area contributed by atoms with E-state index in [1.807, 2.05) is 0 Å². The lowest BCUT2D eigenvalue weighted by Gasteiger charge is -2.36. The van der Waals surface area contributed by atoms with Crippen molar-refractivity contribution in [2.75, 3.05) is 42.9 Å². The highest BCUT2D eigenvalue weighted by molar-refractivity contribution is 6.35. The van der Waals surface area contributed by atoms with Crippen molar-refractivity contribution in [3.63, 3.8) is 0 Å². The molecule has 4 nitrogen and oxygen atoms in total. The van der Waals surface area contributed by atoms with Crippen molar-refractivity contribution in [3.05, 3.63) is 58.1 Å². The molecule has 0 aromatic heterocycles. The normalized spacial score (nSPS) is 15.2. The van der Waals surface area contributed by atoms with E-state index in [2.05, 4.69) is 46.3 Å². The number of carbonyl (C=O) groups excluding carboxylic acids is 1. The van der Waals surface area contributed by atoms with Gasteiger partial charge in [-0.2, -0.15) is 0 Å². The van der Waals surface area contributed by atoms with E-state index in [0.29, 0.717) is 22.3 Å². The van der Waals surface area contributed by atoms with Crippen molar-refractivity contribution in [3.8, 4) is 0 Å². The molecule has 1 amide bonds. The van der Waals surface area contributed by atoms with E-state index >= 15 is 0 Å². The van der Waals surface area contributed by atoms with Gasteiger partial charge in [-0.3, -0.25) is 9.69 Å². The number of carbonyl (C=O) groups is 1. The van der Waals surface area contributed by atoms with Gasteiger partial charge in [-0.1, -0.05) is 41.4 Å². The van der Waals surface area contributed by atoms with Gasteiger partial charge in [0.15, 0.2) is 0 Å². The van der Waals surface area contributed by atoms with Crippen LogP contribution in [-0.4, -0.2) is 43.5 Å². The zero-order valence-electron chi connectivity index (χ0n) is 14.1. The van der Waals surface area contributed by atoms with Crippen molar-refractivity contribution in [2.24, 2.45) is 0 Å². The van der Waals surface area contributed by atoms with Gasteiger partial charge >= 0.3 is 0 Å². The van der Waals surface area contributed by atoms with Crippen LogP contribution in [0.2, 0.25) is 10.0 Å². The second kappa shape index (κ2) is 8.09. The van der Waals surface area contributed by atoms with Gasteiger partial charge in [0.05, 0.1) is 17.3 Å². The van der Waals surface area contributed by atoms with E-state index in [4.69, 9.17) is 23.2 Å². The zero-order chi connectivity index (χ0) is 17.8. The molecule has 0 aliphatic carbocycles. The summed E-state index contributed by atoms with van der Waals surface area (Å²) in [5.74, 6) is -0.0755. The standard InChI is InChI=1S/C19H21Cl2N3O/c1-14-4-2-3-5-18(14)24-10-8-23(9-11-24)13-19(25)22-17-12-15(20)6-7-16(17)21/h2-7,12H,8-11,13H2,1H3,(H,22,25). The Bertz CT molecular complexity index is 758. The molecule has 1 heterocycles. The molecule has 2 aromatic carbocycles. The van der Waals surface area contributed by atoms with Crippen LogP contribution in [-0.2, 0) is 4.79 Å². The summed E-state index contributed by atoms with van der Waals surface area (Å²) in [6.07, 6.45) is 0. The molecule has 0 bridgehead atoms. The average molecular weight is 378 g/mol. The lowest BCUT2D eigenvalue weighted by atomic mass is 10.1. The highest BCUT2D eigenvalue weighted by atomic mass is 35.5. The number of nitrogens with one attached hydrogen (secondary N) is 1. The van der Waals surface area contributed by atoms with Crippen molar-refractivity contribution in [2.45, 2.75) is 6.92 Å². The van der Waals surface area contributed by atoms with E-state index in [1.54, 1.807) is 18.2 Å². The Hall–Kier alpha value is -1.75. The number of nitrogens with zero attached hydrogens (tertiary/aromatic N) is 2. The summed E-state index contributed by atoms with van der Waals surface area (Å²) in [6, 6.07) is 13.4. The van der Waals surface area contributed by atoms with Gasteiger partial charge in [0.25, 0.3) is 0 Å². The van der Waals surface area contributed by atoms with Crippen molar-refractivity contribution < 1.29 is 4.79 Å². The van der Waals surface area contributed by atoms with E-state index in [1.165, 1.54) is 11.3 Å². The molecule has 1 saturated heterocycles. The smallest absolute Gasteiger partial charge is 0.238 e. The SMILES string of the molecule is Cc1ccccc1N1CCN(CC(=O)Nc2cc(Cl)ccc2Cl)CC1. The molecule has 1 aliphatic rings. The van der Waals surface area contributed by atoms with Crippen molar-refractivity contribution in [1.29, 1.82) is 0 Å². The van der Waals surface area contributed by atoms with Crippen LogP contribution in [0.1, 0.15) is 5.56 Å². The van der Waals surface area contributed by atoms with Gasteiger partial charge in [-0.15, -0.1) is 0 Å². The Balaban J connectivity index is 1.53. The van der Waals surface area contributed by atoms with E-state index in [-0.39, 0.29) is 5.91 Å². The monoisotopic (exact) mass is 377 g/mol. The van der Waals surface area contributed by atoms with Crippen molar-refractivity contribution >= 4 is 40.5 Å². The Morgan fingerprint density at radius 2 is 1.80 bits per heavy atom. The first-order valence-electron chi connectivity index (χ1n) is 8.31. The second-order valence-corrected chi connectivity index (χ2v) is 7.07. The molecule has 0 spiro atoms. The fourth-order valence-electron chi connectivity index (χ4n) is 3.05. The number of anilines is 2. The number of aryl methyl sites for hydroxylation is 1. The van der Waals surface area contributed by atoms with E-state index < -0.39 is 0 Å². The molecular weight excluding hydrogens is 357 g/mol. The van der Waals surface area contributed by atoms with Crippen LogP contribution in [0.3, 0.4) is 0 Å². The highest BCUT2D eigenvalue weighted by Gasteiger charge is 2.20. The lowest BCUT2D eigenvalue weighted by Crippen LogP contribution is -2.48. The number of amides is 1. The Morgan fingerprint density at radius 3 is 2.52 bits per heavy atom. The Labute approximate surface area is 158 Å². The number of benzene rings is 2. The molecule has 1 aliphatic heterocycles. The number of rotatable bonds is 4. The maximum atomic E-state index is 12.3. The van der Waals surface area contributed by atoms with Gasteiger partial charge in [0, 0.05) is 36.9 Å². The molecule has 25 heavy (non-hydrogen) atoms. The van der Waals surface area contributed by atoms with Crippen LogP contribution in [0.15, 0.2) is 42.5 Å². The number of halogens is 2. The fraction of sp³-hybridized carbons (Fsp3) is 0.316. The first-order chi connectivity index (χ1) is 12.0. The van der Waals surface area contributed by atoms with Crippen LogP contribution in [0, 0.1) is 6.92 Å². The number of piperazine rings is 1. The third-order valence-corrected chi connectivity index (χ3v) is 4.96. The zero-order valence-corrected chi connectivity index (χ0v) is 15.6. The summed E-state index contributed by atoms with van der Waals surface area (Å²) in [5.41, 5.74) is 3.11. The average Bonchev–Trinajstić information content (AvgIpc) is 2.59. The third-order valence-electron chi connectivity index (χ3n) is 4.40. The van der Waals surface area contributed by atoms with Crippen LogP contribution in [0.25, 0.3) is 0 Å². The molecule has 132 valence electrons. The summed E-state index contributed by atoms with van der Waals surface area (Å²) in [7, 11) is 0. The summed E-state index contributed by atoms with van der Waals surface area (Å²) < 4.78 is 0. The molecule has 3 rings (SSSR count). The number of para-hydroxylation sites is 1. The third kappa shape index (κ3) is 4.66. The summed E-state index contributed by atoms with van der Waals surface area (Å²) in [5, 5.41) is 3.88. The Kier molecular flexibility index (Phi) is 5.84. The molecule has 0 radical (unpaired) electrons. The quantitative estimate of drug-likeness (QED) is 0.872.